The Morgan fingerprint density at radius 1 is 1.57 bits per heavy atom. The highest BCUT2D eigenvalue weighted by Crippen LogP contribution is 2.20. The van der Waals surface area contributed by atoms with Crippen LogP contribution < -0.4 is 0 Å². The van der Waals surface area contributed by atoms with Crippen LogP contribution in [0.1, 0.15) is 0 Å². The molecular weight excluding hydrogens is 184 g/mol. The zero-order chi connectivity index (χ0) is 10.6. The lowest BCUT2D eigenvalue weighted by Gasteiger charge is -2.23. The molecule has 1 rings (SSSR count). The number of aliphatic hydroxyl groups excluding tert-OH is 3. The predicted octanol–water partition coefficient (Wildman–Crippen LogP) is 0.293. The molecule has 0 amide bonds. The number of rotatable bonds is 3. The molecule has 4 nitrogen and oxygen atoms in total. The van der Waals surface area contributed by atoms with Crippen molar-refractivity contribution in [2.24, 2.45) is 0 Å². The van der Waals surface area contributed by atoms with Crippen LogP contribution in [0.3, 0.4) is 0 Å². The van der Waals surface area contributed by atoms with Crippen LogP contribution in [-0.2, 0) is 4.74 Å². The van der Waals surface area contributed by atoms with Crippen LogP contribution in [-0.4, -0.2) is 41.2 Å². The second kappa shape index (κ2) is 4.95. The molecule has 78 valence electrons. The van der Waals surface area contributed by atoms with E-state index in [2.05, 4.69) is 0 Å². The van der Waals surface area contributed by atoms with Crippen LogP contribution >= 0.6 is 0 Å². The molecule has 0 saturated carbocycles. The van der Waals surface area contributed by atoms with Gasteiger partial charge in [-0.2, -0.15) is 0 Å². The van der Waals surface area contributed by atoms with Crippen molar-refractivity contribution in [2.75, 3.05) is 13.7 Å². The summed E-state index contributed by atoms with van der Waals surface area (Å²) >= 11 is 0. The van der Waals surface area contributed by atoms with E-state index in [1.165, 1.54) is 19.3 Å². The van der Waals surface area contributed by atoms with Crippen LogP contribution in [0.5, 0.6) is 0 Å². The van der Waals surface area contributed by atoms with E-state index in [4.69, 9.17) is 9.84 Å². The molecule has 1 aliphatic carbocycles. The Morgan fingerprint density at radius 2 is 2.29 bits per heavy atom. The van der Waals surface area contributed by atoms with E-state index in [0.29, 0.717) is 5.57 Å². The van der Waals surface area contributed by atoms with Crippen molar-refractivity contribution in [3.05, 3.63) is 35.6 Å². The van der Waals surface area contributed by atoms with Crippen LogP contribution in [0.4, 0.5) is 0 Å². The first-order valence-corrected chi connectivity index (χ1v) is 4.30. The van der Waals surface area contributed by atoms with E-state index in [1.54, 1.807) is 12.2 Å². The van der Waals surface area contributed by atoms with E-state index < -0.39 is 12.2 Å². The summed E-state index contributed by atoms with van der Waals surface area (Å²) in [6.45, 7) is -0.0924. The highest BCUT2D eigenvalue weighted by molar-refractivity contribution is 5.39. The molecule has 0 radical (unpaired) electrons. The van der Waals surface area contributed by atoms with Crippen molar-refractivity contribution in [1.82, 2.24) is 0 Å². The van der Waals surface area contributed by atoms with Gasteiger partial charge in [-0.15, -0.1) is 0 Å². The average molecular weight is 198 g/mol. The minimum atomic E-state index is -0.828. The lowest BCUT2D eigenvalue weighted by molar-refractivity contribution is 0.00869. The first kappa shape index (κ1) is 11.0. The van der Waals surface area contributed by atoms with E-state index in [-0.39, 0.29) is 12.4 Å². The third kappa shape index (κ3) is 2.23. The van der Waals surface area contributed by atoms with Crippen molar-refractivity contribution >= 4 is 0 Å². The first-order chi connectivity index (χ1) is 6.70. The highest BCUT2D eigenvalue weighted by atomic mass is 16.5. The monoisotopic (exact) mass is 198 g/mol. The quantitative estimate of drug-likeness (QED) is 0.609. The summed E-state index contributed by atoms with van der Waals surface area (Å²) < 4.78 is 4.92. The van der Waals surface area contributed by atoms with Crippen molar-refractivity contribution < 1.29 is 20.1 Å². The molecule has 0 fully saturated rings. The maximum absolute atomic E-state index is 9.64. The van der Waals surface area contributed by atoms with E-state index in [1.807, 2.05) is 0 Å². The van der Waals surface area contributed by atoms with Gasteiger partial charge in [-0.05, 0) is 0 Å². The molecule has 0 aromatic carbocycles. The lowest BCUT2D eigenvalue weighted by atomic mass is 10.00. The molecule has 2 atom stereocenters. The summed E-state index contributed by atoms with van der Waals surface area (Å²) in [6.07, 6.45) is 4.64. The molecule has 3 N–H and O–H groups in total. The van der Waals surface area contributed by atoms with Gasteiger partial charge in [-0.1, -0.05) is 24.3 Å². The number of hydrogen-bond donors (Lipinski definition) is 3. The second-order valence-corrected chi connectivity index (χ2v) is 2.93. The molecule has 0 saturated heterocycles. The zero-order valence-electron chi connectivity index (χ0n) is 7.92. The van der Waals surface area contributed by atoms with E-state index in [0.717, 1.165) is 0 Å². The molecule has 0 aliphatic heterocycles. The molecule has 0 aromatic rings. The average Bonchev–Trinajstić information content (AvgIpc) is 2.18. The molecule has 1 aliphatic rings. The summed E-state index contributed by atoms with van der Waals surface area (Å²) in [5, 5.41) is 27.6. The van der Waals surface area contributed by atoms with Gasteiger partial charge in [0.05, 0.1) is 6.61 Å². The van der Waals surface area contributed by atoms with Gasteiger partial charge >= 0.3 is 0 Å². The Morgan fingerprint density at radius 3 is 2.86 bits per heavy atom. The predicted molar refractivity (Wildman–Crippen MR) is 51.8 cm³/mol. The van der Waals surface area contributed by atoms with Gasteiger partial charge in [0.1, 0.15) is 18.0 Å². The molecule has 2 unspecified atom stereocenters. The van der Waals surface area contributed by atoms with Crippen molar-refractivity contribution in [3.8, 4) is 0 Å². The van der Waals surface area contributed by atoms with E-state index >= 15 is 0 Å². The number of hydrogen-bond acceptors (Lipinski definition) is 4. The fraction of sp³-hybridized carbons (Fsp3) is 0.400. The van der Waals surface area contributed by atoms with Gasteiger partial charge in [-0.3, -0.25) is 0 Å². The Balaban J connectivity index is 2.88. The normalized spacial score (nSPS) is 27.6. The topological polar surface area (TPSA) is 69.9 Å². The number of aliphatic hydroxyl groups is 3. The summed E-state index contributed by atoms with van der Waals surface area (Å²) in [4.78, 5) is 0. The van der Waals surface area contributed by atoms with Gasteiger partial charge in [0.2, 0.25) is 0 Å². The third-order valence-corrected chi connectivity index (χ3v) is 2.01. The van der Waals surface area contributed by atoms with Gasteiger partial charge in [0.25, 0.3) is 0 Å². The standard InChI is InChI=1S/C10H14O4/c1-14-10-8(12)5-4-7(9(10)13)3-2-6-11/h2-5,8,10-13H,6H2,1H3/b3-2+. The van der Waals surface area contributed by atoms with Crippen molar-refractivity contribution in [1.29, 1.82) is 0 Å². The molecule has 0 heterocycles. The second-order valence-electron chi connectivity index (χ2n) is 2.93. The molecular formula is C10H14O4. The van der Waals surface area contributed by atoms with Gasteiger partial charge < -0.3 is 20.1 Å². The first-order valence-electron chi connectivity index (χ1n) is 4.30. The zero-order valence-corrected chi connectivity index (χ0v) is 7.92. The number of ether oxygens (including phenoxy) is 1. The molecule has 14 heavy (non-hydrogen) atoms. The Kier molecular flexibility index (Phi) is 3.88. The Hall–Kier alpha value is -1.10. The van der Waals surface area contributed by atoms with Crippen LogP contribution in [0, 0.1) is 0 Å². The molecule has 0 aromatic heterocycles. The van der Waals surface area contributed by atoms with E-state index in [9.17, 15) is 10.2 Å². The van der Waals surface area contributed by atoms with Gasteiger partial charge in [0.15, 0.2) is 0 Å². The fourth-order valence-electron chi connectivity index (χ4n) is 1.29. The lowest BCUT2D eigenvalue weighted by Crippen LogP contribution is -2.31. The fourth-order valence-corrected chi connectivity index (χ4v) is 1.29. The highest BCUT2D eigenvalue weighted by Gasteiger charge is 2.25. The molecule has 4 heteroatoms. The largest absolute Gasteiger partial charge is 0.509 e. The van der Waals surface area contributed by atoms with Crippen LogP contribution in [0.15, 0.2) is 35.6 Å². The number of allylic oxidation sites excluding steroid dienone is 3. The summed E-state index contributed by atoms with van der Waals surface area (Å²) in [6, 6.07) is 0. The summed E-state index contributed by atoms with van der Waals surface area (Å²) in [5.74, 6) is -0.0211. The third-order valence-electron chi connectivity index (χ3n) is 2.01. The van der Waals surface area contributed by atoms with Gasteiger partial charge in [-0.25, -0.2) is 0 Å². The van der Waals surface area contributed by atoms with Crippen LogP contribution in [0.25, 0.3) is 0 Å². The minimum Gasteiger partial charge on any atom is -0.509 e. The maximum atomic E-state index is 9.64. The SMILES string of the molecule is COC1C(O)=C(/C=C/CO)C=CC1O. The summed E-state index contributed by atoms with van der Waals surface area (Å²) in [5.41, 5.74) is 0.538. The van der Waals surface area contributed by atoms with Gasteiger partial charge in [0, 0.05) is 12.7 Å². The maximum Gasteiger partial charge on any atom is 0.144 e. The summed E-state index contributed by atoms with van der Waals surface area (Å²) in [7, 11) is 1.41. The van der Waals surface area contributed by atoms with Crippen LogP contribution in [0.2, 0.25) is 0 Å². The Labute approximate surface area is 82.4 Å². The van der Waals surface area contributed by atoms with Crippen molar-refractivity contribution in [3.63, 3.8) is 0 Å². The Bertz CT molecular complexity index is 274. The number of methoxy groups -OCH3 is 1. The minimum absolute atomic E-state index is 0.0211. The van der Waals surface area contributed by atoms with Crippen molar-refractivity contribution in [2.45, 2.75) is 12.2 Å². The molecule has 0 spiro atoms. The molecule has 0 bridgehead atoms. The smallest absolute Gasteiger partial charge is 0.144 e.